The summed E-state index contributed by atoms with van der Waals surface area (Å²) in [4.78, 5) is 18.2. The minimum absolute atomic E-state index is 0.00915. The number of fused-ring (bicyclic) bond motifs is 1. The van der Waals surface area contributed by atoms with E-state index in [-0.39, 0.29) is 30.8 Å². The second-order valence-corrected chi connectivity index (χ2v) is 5.35. The first-order chi connectivity index (χ1) is 10.3. The first kappa shape index (κ1) is 14.3. The Morgan fingerprint density at radius 3 is 3.19 bits per heavy atom. The van der Waals surface area contributed by atoms with Crippen molar-refractivity contribution < 1.29 is 19.0 Å². The number of carbonyl (C=O) groups is 1. The first-order valence-corrected chi connectivity index (χ1v) is 7.27. The molecule has 0 saturated carbocycles. The number of rotatable bonds is 4. The highest BCUT2D eigenvalue weighted by atomic mass is 16.6. The highest BCUT2D eigenvalue weighted by Gasteiger charge is 2.47. The van der Waals surface area contributed by atoms with Gasteiger partial charge in [0.1, 0.15) is 18.8 Å². The van der Waals surface area contributed by atoms with E-state index in [0.29, 0.717) is 12.4 Å². The summed E-state index contributed by atoms with van der Waals surface area (Å²) in [6.45, 7) is 1.34. The Balaban J connectivity index is 1.73. The third-order valence-corrected chi connectivity index (χ3v) is 3.98. The molecule has 21 heavy (non-hydrogen) atoms. The molecule has 3 atom stereocenters. The number of likely N-dealkylation sites (tertiary alicyclic amines) is 1. The largest absolute Gasteiger partial charge is 0.470 e. The van der Waals surface area contributed by atoms with Crippen LogP contribution in [0.5, 0.6) is 5.88 Å². The third kappa shape index (κ3) is 3.01. The van der Waals surface area contributed by atoms with Crippen LogP contribution in [0.1, 0.15) is 12.8 Å². The average molecular weight is 292 g/mol. The average Bonchev–Trinajstić information content (AvgIpc) is 2.88. The third-order valence-electron chi connectivity index (χ3n) is 3.98. The van der Waals surface area contributed by atoms with Crippen molar-refractivity contribution >= 4 is 5.91 Å². The maximum atomic E-state index is 12.2. The molecule has 0 radical (unpaired) electrons. The Morgan fingerprint density at radius 1 is 1.52 bits per heavy atom. The van der Waals surface area contributed by atoms with Crippen LogP contribution in [0.3, 0.4) is 0 Å². The van der Waals surface area contributed by atoms with Gasteiger partial charge in [0.2, 0.25) is 11.8 Å². The Kier molecular flexibility index (Phi) is 4.36. The van der Waals surface area contributed by atoms with E-state index in [9.17, 15) is 4.79 Å². The number of hydrogen-bond donors (Lipinski definition) is 0. The summed E-state index contributed by atoms with van der Waals surface area (Å²) in [5, 5.41) is 0. The standard InChI is InChI=1S/C15H20N2O4/c1-19-10-14(18)17-9-12(15-11(17)5-4-8-20-15)21-13-6-2-3-7-16-13/h2-3,6-7,11-12,15H,4-5,8-10H2,1H3/t11-,12+,15+/m1/s1. The van der Waals surface area contributed by atoms with E-state index in [1.54, 1.807) is 6.20 Å². The number of aromatic nitrogens is 1. The molecular formula is C15H20N2O4. The van der Waals surface area contributed by atoms with Crippen LogP contribution in [0.15, 0.2) is 24.4 Å². The van der Waals surface area contributed by atoms with E-state index >= 15 is 0 Å². The van der Waals surface area contributed by atoms with Gasteiger partial charge in [-0.1, -0.05) is 6.07 Å². The van der Waals surface area contributed by atoms with E-state index in [1.807, 2.05) is 23.1 Å². The highest BCUT2D eigenvalue weighted by Crippen LogP contribution is 2.31. The zero-order valence-corrected chi connectivity index (χ0v) is 12.1. The molecule has 1 aromatic rings. The molecule has 3 rings (SSSR count). The monoisotopic (exact) mass is 292 g/mol. The van der Waals surface area contributed by atoms with Crippen molar-refractivity contribution in [2.75, 3.05) is 26.9 Å². The SMILES string of the molecule is COCC(=O)N1C[C@H](Oc2ccccn2)[C@H]2OCCC[C@H]21. The number of carbonyl (C=O) groups excluding carboxylic acids is 1. The summed E-state index contributed by atoms with van der Waals surface area (Å²) >= 11 is 0. The summed E-state index contributed by atoms with van der Waals surface area (Å²) in [6, 6.07) is 5.62. The van der Waals surface area contributed by atoms with Crippen molar-refractivity contribution in [2.45, 2.75) is 31.1 Å². The fourth-order valence-corrected chi connectivity index (χ4v) is 3.08. The molecule has 0 bridgehead atoms. The molecule has 114 valence electrons. The van der Waals surface area contributed by atoms with Gasteiger partial charge in [0.05, 0.1) is 12.6 Å². The number of ether oxygens (including phenoxy) is 3. The number of hydrogen-bond acceptors (Lipinski definition) is 5. The van der Waals surface area contributed by atoms with E-state index in [1.165, 1.54) is 7.11 Å². The predicted octanol–water partition coefficient (Wildman–Crippen LogP) is 0.865. The lowest BCUT2D eigenvalue weighted by Crippen LogP contribution is -2.45. The highest BCUT2D eigenvalue weighted by molar-refractivity contribution is 5.78. The molecular weight excluding hydrogens is 272 g/mol. The van der Waals surface area contributed by atoms with Gasteiger partial charge in [0.15, 0.2) is 0 Å². The van der Waals surface area contributed by atoms with Gasteiger partial charge >= 0.3 is 0 Å². The molecule has 2 saturated heterocycles. The van der Waals surface area contributed by atoms with Gasteiger partial charge in [-0.15, -0.1) is 0 Å². The zero-order valence-electron chi connectivity index (χ0n) is 12.1. The maximum absolute atomic E-state index is 12.2. The topological polar surface area (TPSA) is 60.9 Å². The smallest absolute Gasteiger partial charge is 0.249 e. The Hall–Kier alpha value is -1.66. The van der Waals surface area contributed by atoms with Gasteiger partial charge in [-0.05, 0) is 18.9 Å². The fraction of sp³-hybridized carbons (Fsp3) is 0.600. The van der Waals surface area contributed by atoms with Crippen LogP contribution in [-0.2, 0) is 14.3 Å². The van der Waals surface area contributed by atoms with Crippen LogP contribution >= 0.6 is 0 Å². The minimum atomic E-state index is -0.175. The Morgan fingerprint density at radius 2 is 2.43 bits per heavy atom. The van der Waals surface area contributed by atoms with Crippen LogP contribution in [0, 0.1) is 0 Å². The van der Waals surface area contributed by atoms with Crippen molar-refractivity contribution in [2.24, 2.45) is 0 Å². The molecule has 2 fully saturated rings. The molecule has 0 aromatic carbocycles. The first-order valence-electron chi connectivity index (χ1n) is 7.27. The molecule has 2 aliphatic rings. The second-order valence-electron chi connectivity index (χ2n) is 5.35. The molecule has 0 N–H and O–H groups in total. The molecule has 1 aromatic heterocycles. The van der Waals surface area contributed by atoms with Crippen molar-refractivity contribution in [3.63, 3.8) is 0 Å². The van der Waals surface area contributed by atoms with Crippen molar-refractivity contribution in [3.05, 3.63) is 24.4 Å². The molecule has 0 spiro atoms. The summed E-state index contributed by atoms with van der Waals surface area (Å²) in [5.41, 5.74) is 0. The van der Waals surface area contributed by atoms with Crippen molar-refractivity contribution in [3.8, 4) is 5.88 Å². The zero-order chi connectivity index (χ0) is 14.7. The maximum Gasteiger partial charge on any atom is 0.249 e. The lowest BCUT2D eigenvalue weighted by molar-refractivity contribution is -0.138. The fourth-order valence-electron chi connectivity index (χ4n) is 3.08. The van der Waals surface area contributed by atoms with Crippen LogP contribution in [0.4, 0.5) is 0 Å². The number of methoxy groups -OCH3 is 1. The lowest BCUT2D eigenvalue weighted by Gasteiger charge is -2.31. The van der Waals surface area contributed by atoms with Crippen molar-refractivity contribution in [1.82, 2.24) is 9.88 Å². The minimum Gasteiger partial charge on any atom is -0.470 e. The van der Waals surface area contributed by atoms with Gasteiger partial charge in [0, 0.05) is 26.0 Å². The summed E-state index contributed by atoms with van der Waals surface area (Å²) in [6.07, 6.45) is 3.35. The van der Waals surface area contributed by atoms with Crippen LogP contribution in [-0.4, -0.2) is 60.9 Å². The van der Waals surface area contributed by atoms with Gasteiger partial charge in [-0.25, -0.2) is 4.98 Å². The van der Waals surface area contributed by atoms with Gasteiger partial charge in [-0.3, -0.25) is 4.79 Å². The summed E-state index contributed by atoms with van der Waals surface area (Å²) in [5.74, 6) is 0.557. The molecule has 0 aliphatic carbocycles. The van der Waals surface area contributed by atoms with Crippen LogP contribution < -0.4 is 4.74 Å². The quantitative estimate of drug-likeness (QED) is 0.824. The van der Waals surface area contributed by atoms with Crippen molar-refractivity contribution in [1.29, 1.82) is 0 Å². The van der Waals surface area contributed by atoms with E-state index in [4.69, 9.17) is 14.2 Å². The number of amides is 1. The Labute approximate surface area is 124 Å². The normalized spacial score (nSPS) is 28.2. The van der Waals surface area contributed by atoms with Gasteiger partial charge in [-0.2, -0.15) is 0 Å². The summed E-state index contributed by atoms with van der Waals surface area (Å²) in [7, 11) is 1.53. The molecule has 6 heteroatoms. The lowest BCUT2D eigenvalue weighted by atomic mass is 10.0. The van der Waals surface area contributed by atoms with Gasteiger partial charge in [0.25, 0.3) is 0 Å². The molecule has 2 aliphatic heterocycles. The molecule has 1 amide bonds. The second kappa shape index (κ2) is 6.41. The van der Waals surface area contributed by atoms with Crippen LogP contribution in [0.2, 0.25) is 0 Å². The van der Waals surface area contributed by atoms with E-state index in [2.05, 4.69) is 4.98 Å². The summed E-state index contributed by atoms with van der Waals surface area (Å²) < 4.78 is 16.8. The molecule has 6 nitrogen and oxygen atoms in total. The Bertz CT molecular complexity index is 482. The number of nitrogens with zero attached hydrogens (tertiary/aromatic N) is 2. The number of pyridine rings is 1. The van der Waals surface area contributed by atoms with E-state index < -0.39 is 0 Å². The van der Waals surface area contributed by atoms with Crippen LogP contribution in [0.25, 0.3) is 0 Å². The van der Waals surface area contributed by atoms with Gasteiger partial charge < -0.3 is 19.1 Å². The van der Waals surface area contributed by atoms with E-state index in [0.717, 1.165) is 19.4 Å². The predicted molar refractivity (Wildman–Crippen MR) is 75.0 cm³/mol. The molecule has 3 heterocycles. The molecule has 0 unspecified atom stereocenters.